The second-order valence-corrected chi connectivity index (χ2v) is 8.19. The number of ether oxygens (including phenoxy) is 1. The summed E-state index contributed by atoms with van der Waals surface area (Å²) in [5, 5.41) is 0.921. The lowest BCUT2D eigenvalue weighted by Crippen LogP contribution is -2.33. The molecule has 0 unspecified atom stereocenters. The van der Waals surface area contributed by atoms with Gasteiger partial charge in [0.2, 0.25) is 15.9 Å². The van der Waals surface area contributed by atoms with Crippen molar-refractivity contribution in [2.45, 2.75) is 30.6 Å². The zero-order valence-corrected chi connectivity index (χ0v) is 13.0. The third-order valence-electron chi connectivity index (χ3n) is 4.27. The van der Waals surface area contributed by atoms with Gasteiger partial charge < -0.3 is 4.74 Å². The van der Waals surface area contributed by atoms with Gasteiger partial charge in [-0.2, -0.15) is 4.31 Å². The van der Waals surface area contributed by atoms with Gasteiger partial charge in [0.15, 0.2) is 0 Å². The van der Waals surface area contributed by atoms with E-state index in [1.165, 1.54) is 0 Å². The molecule has 2 heterocycles. The largest absolute Gasteiger partial charge is 0.473 e. The van der Waals surface area contributed by atoms with Crippen LogP contribution in [-0.2, 0) is 10.0 Å². The molecule has 0 spiro atoms. The molecule has 1 aliphatic carbocycles. The molecule has 1 atom stereocenters. The Morgan fingerprint density at radius 2 is 1.91 bits per heavy atom. The lowest BCUT2D eigenvalue weighted by molar-refractivity contribution is 0.207. The first-order chi connectivity index (χ1) is 10.6. The van der Waals surface area contributed by atoms with Crippen molar-refractivity contribution in [2.75, 3.05) is 13.1 Å². The first kappa shape index (κ1) is 14.0. The van der Waals surface area contributed by atoms with Gasteiger partial charge in [-0.1, -0.05) is 18.2 Å². The number of hydrogen-bond donors (Lipinski definition) is 0. The number of benzene rings is 1. The van der Waals surface area contributed by atoms with E-state index in [1.807, 2.05) is 36.4 Å². The van der Waals surface area contributed by atoms with Gasteiger partial charge in [-0.3, -0.25) is 0 Å². The second-order valence-electron chi connectivity index (χ2n) is 5.97. The van der Waals surface area contributed by atoms with E-state index in [4.69, 9.17) is 4.74 Å². The molecule has 0 N–H and O–H groups in total. The van der Waals surface area contributed by atoms with E-state index in [0.717, 1.165) is 30.2 Å². The van der Waals surface area contributed by atoms with Crippen molar-refractivity contribution in [3.63, 3.8) is 0 Å². The normalized spacial score (nSPS) is 23.0. The molecule has 22 heavy (non-hydrogen) atoms. The van der Waals surface area contributed by atoms with Gasteiger partial charge in [0.25, 0.3) is 0 Å². The molecule has 0 amide bonds. The summed E-state index contributed by atoms with van der Waals surface area (Å²) in [5.74, 6) is 0.564. The van der Waals surface area contributed by atoms with E-state index in [1.54, 1.807) is 4.31 Å². The second kappa shape index (κ2) is 5.21. The summed E-state index contributed by atoms with van der Waals surface area (Å²) in [4.78, 5) is 4.48. The summed E-state index contributed by atoms with van der Waals surface area (Å²) in [6.45, 7) is 0.990. The Bertz CT molecular complexity index is 802. The predicted octanol–water partition coefficient (Wildman–Crippen LogP) is 2.18. The van der Waals surface area contributed by atoms with Crippen LogP contribution in [0.15, 0.2) is 36.4 Å². The Kier molecular flexibility index (Phi) is 3.31. The Balaban J connectivity index is 1.47. The monoisotopic (exact) mass is 318 g/mol. The van der Waals surface area contributed by atoms with Crippen molar-refractivity contribution < 1.29 is 13.2 Å². The highest BCUT2D eigenvalue weighted by Gasteiger charge is 2.43. The molecule has 1 saturated heterocycles. The van der Waals surface area contributed by atoms with Crippen LogP contribution in [0.3, 0.4) is 0 Å². The highest BCUT2D eigenvalue weighted by molar-refractivity contribution is 7.90. The van der Waals surface area contributed by atoms with Crippen LogP contribution in [0.4, 0.5) is 0 Å². The lowest BCUT2D eigenvalue weighted by Gasteiger charge is -2.16. The Hall–Kier alpha value is -1.66. The number of aromatic nitrogens is 1. The summed E-state index contributed by atoms with van der Waals surface area (Å²) in [6, 6.07) is 11.7. The number of pyridine rings is 1. The molecule has 1 aliphatic heterocycles. The highest BCUT2D eigenvalue weighted by atomic mass is 32.2. The fraction of sp³-hybridized carbons (Fsp3) is 0.438. The van der Waals surface area contributed by atoms with Crippen LogP contribution in [-0.4, -0.2) is 42.2 Å². The molecule has 1 aromatic carbocycles. The van der Waals surface area contributed by atoms with Gasteiger partial charge in [-0.15, -0.1) is 0 Å². The fourth-order valence-electron chi connectivity index (χ4n) is 2.89. The van der Waals surface area contributed by atoms with E-state index in [2.05, 4.69) is 4.98 Å². The molecule has 2 fully saturated rings. The lowest BCUT2D eigenvalue weighted by atomic mass is 10.2. The third kappa shape index (κ3) is 2.57. The zero-order chi connectivity index (χ0) is 15.2. The molecule has 2 aromatic rings. The summed E-state index contributed by atoms with van der Waals surface area (Å²) < 4.78 is 31.9. The van der Waals surface area contributed by atoms with E-state index in [0.29, 0.717) is 19.0 Å². The fourth-order valence-corrected chi connectivity index (χ4v) is 4.77. The van der Waals surface area contributed by atoms with Gasteiger partial charge in [0, 0.05) is 18.0 Å². The summed E-state index contributed by atoms with van der Waals surface area (Å²) >= 11 is 0. The third-order valence-corrected chi connectivity index (χ3v) is 6.64. The van der Waals surface area contributed by atoms with E-state index < -0.39 is 10.0 Å². The van der Waals surface area contributed by atoms with E-state index in [9.17, 15) is 8.42 Å². The van der Waals surface area contributed by atoms with Gasteiger partial charge in [0.1, 0.15) is 6.10 Å². The van der Waals surface area contributed by atoms with E-state index in [-0.39, 0.29) is 11.4 Å². The Labute approximate surface area is 130 Å². The molecule has 5 nitrogen and oxygen atoms in total. The van der Waals surface area contributed by atoms with Gasteiger partial charge >= 0.3 is 0 Å². The standard InChI is InChI=1S/C16H18N2O3S/c19-22(20,14-6-7-14)18-10-9-13(11-18)21-16-8-5-12-3-1-2-4-15(12)17-16/h1-5,8,13-14H,6-7,9-11H2/t13-/m0/s1. The van der Waals surface area contributed by atoms with Crippen LogP contribution in [0.5, 0.6) is 5.88 Å². The molecule has 4 rings (SSSR count). The molecule has 6 heteroatoms. The number of nitrogens with zero attached hydrogens (tertiary/aromatic N) is 2. The van der Waals surface area contributed by atoms with Crippen LogP contribution in [0.25, 0.3) is 10.9 Å². The van der Waals surface area contributed by atoms with Crippen LogP contribution in [0.1, 0.15) is 19.3 Å². The molecule has 1 aromatic heterocycles. The summed E-state index contributed by atoms with van der Waals surface area (Å²) in [6.07, 6.45) is 2.22. The minimum atomic E-state index is -3.09. The number of fused-ring (bicyclic) bond motifs is 1. The van der Waals surface area contributed by atoms with Crippen LogP contribution < -0.4 is 4.74 Å². The zero-order valence-electron chi connectivity index (χ0n) is 12.2. The summed E-state index contributed by atoms with van der Waals surface area (Å²) in [7, 11) is -3.09. The average Bonchev–Trinajstić information content (AvgIpc) is 3.28. The number of sulfonamides is 1. The van der Waals surface area contributed by atoms with Crippen molar-refractivity contribution in [3.8, 4) is 5.88 Å². The molecule has 0 bridgehead atoms. The average molecular weight is 318 g/mol. The number of hydrogen-bond acceptors (Lipinski definition) is 4. The number of para-hydroxylation sites is 1. The van der Waals surface area contributed by atoms with Gasteiger partial charge in [0.05, 0.1) is 17.3 Å². The van der Waals surface area contributed by atoms with Crippen LogP contribution >= 0.6 is 0 Å². The quantitative estimate of drug-likeness (QED) is 0.867. The SMILES string of the molecule is O=S(=O)(C1CC1)N1CC[C@H](Oc2ccc3ccccc3n2)C1. The first-order valence-corrected chi connectivity index (χ1v) is 9.15. The minimum absolute atomic E-state index is 0.109. The smallest absolute Gasteiger partial charge is 0.217 e. The maximum Gasteiger partial charge on any atom is 0.217 e. The van der Waals surface area contributed by atoms with E-state index >= 15 is 0 Å². The number of rotatable bonds is 4. The molecular weight excluding hydrogens is 300 g/mol. The highest BCUT2D eigenvalue weighted by Crippen LogP contribution is 2.33. The van der Waals surface area contributed by atoms with Crippen molar-refractivity contribution >= 4 is 20.9 Å². The summed E-state index contributed by atoms with van der Waals surface area (Å²) in [5.41, 5.74) is 0.889. The van der Waals surface area contributed by atoms with Crippen molar-refractivity contribution in [3.05, 3.63) is 36.4 Å². The first-order valence-electron chi connectivity index (χ1n) is 7.64. The molecule has 116 valence electrons. The Morgan fingerprint density at radius 1 is 1.09 bits per heavy atom. The topological polar surface area (TPSA) is 59.5 Å². The predicted molar refractivity (Wildman–Crippen MR) is 84.3 cm³/mol. The van der Waals surface area contributed by atoms with Gasteiger partial charge in [-0.25, -0.2) is 13.4 Å². The van der Waals surface area contributed by atoms with Crippen LogP contribution in [0, 0.1) is 0 Å². The van der Waals surface area contributed by atoms with Crippen molar-refractivity contribution in [1.82, 2.24) is 9.29 Å². The molecular formula is C16H18N2O3S. The maximum atomic E-state index is 12.2. The molecule has 0 radical (unpaired) electrons. The van der Waals surface area contributed by atoms with Crippen molar-refractivity contribution in [2.24, 2.45) is 0 Å². The van der Waals surface area contributed by atoms with Crippen LogP contribution in [0.2, 0.25) is 0 Å². The maximum absolute atomic E-state index is 12.2. The molecule has 2 aliphatic rings. The van der Waals surface area contributed by atoms with Crippen molar-refractivity contribution in [1.29, 1.82) is 0 Å². The Morgan fingerprint density at radius 3 is 2.73 bits per heavy atom. The van der Waals surface area contributed by atoms with Gasteiger partial charge in [-0.05, 0) is 31.4 Å². The minimum Gasteiger partial charge on any atom is -0.473 e. The molecule has 1 saturated carbocycles.